The Hall–Kier alpha value is -3.68. The quantitative estimate of drug-likeness (QED) is 0.699. The van der Waals surface area contributed by atoms with Crippen LogP contribution in [0.25, 0.3) is 0 Å². The third kappa shape index (κ3) is 5.14. The van der Waals surface area contributed by atoms with Gasteiger partial charge >= 0.3 is 0 Å². The van der Waals surface area contributed by atoms with E-state index < -0.39 is 0 Å². The smallest absolute Gasteiger partial charge is 0.251 e. The van der Waals surface area contributed by atoms with Crippen LogP contribution in [0.5, 0.6) is 0 Å². The summed E-state index contributed by atoms with van der Waals surface area (Å²) in [4.78, 5) is 51.8. The lowest BCUT2D eigenvalue weighted by atomic mass is 10.2. The van der Waals surface area contributed by atoms with Gasteiger partial charge in [0, 0.05) is 49.4 Å². The van der Waals surface area contributed by atoms with Crippen molar-refractivity contribution in [3.8, 4) is 0 Å². The van der Waals surface area contributed by atoms with E-state index in [1.165, 1.54) is 0 Å². The molecule has 0 radical (unpaired) electrons. The number of amides is 4. The van der Waals surface area contributed by atoms with Crippen molar-refractivity contribution < 1.29 is 19.2 Å². The monoisotopic (exact) mass is 434 g/mol. The minimum atomic E-state index is -0.360. The first-order chi connectivity index (χ1) is 15.5. The predicted octanol–water partition coefficient (Wildman–Crippen LogP) is 2.30. The number of hydrogen-bond acceptors (Lipinski definition) is 4. The number of nitrogens with one attached hydrogen (secondary N) is 2. The lowest BCUT2D eigenvalue weighted by molar-refractivity contribution is -0.128. The lowest BCUT2D eigenvalue weighted by Crippen LogP contribution is -2.33. The molecule has 8 heteroatoms. The lowest BCUT2D eigenvalue weighted by Gasteiger charge is -2.16. The number of benzene rings is 2. The van der Waals surface area contributed by atoms with Gasteiger partial charge in [-0.1, -0.05) is 12.1 Å². The number of carbonyl (C=O) groups excluding carboxylic acids is 4. The zero-order chi connectivity index (χ0) is 22.5. The average molecular weight is 434 g/mol. The highest BCUT2D eigenvalue weighted by Crippen LogP contribution is 2.21. The first-order valence-corrected chi connectivity index (χ1v) is 10.8. The summed E-state index contributed by atoms with van der Waals surface area (Å²) in [5.41, 5.74) is 2.76. The molecule has 0 spiro atoms. The van der Waals surface area contributed by atoms with Gasteiger partial charge in [-0.05, 0) is 54.8 Å². The topological polar surface area (TPSA) is 98.8 Å². The fourth-order valence-electron chi connectivity index (χ4n) is 4.02. The van der Waals surface area contributed by atoms with Gasteiger partial charge in [0.1, 0.15) is 0 Å². The zero-order valence-electron chi connectivity index (χ0n) is 17.8. The van der Waals surface area contributed by atoms with Gasteiger partial charge in [-0.2, -0.15) is 0 Å². The number of carbonyl (C=O) groups is 4. The minimum Gasteiger partial charge on any atom is -0.343 e. The average Bonchev–Trinajstić information content (AvgIpc) is 3.40. The van der Waals surface area contributed by atoms with Crippen LogP contribution in [0, 0.1) is 0 Å². The molecular weight excluding hydrogens is 408 g/mol. The molecule has 4 amide bonds. The summed E-state index contributed by atoms with van der Waals surface area (Å²) in [5, 5.41) is 5.39. The number of nitrogens with zero attached hydrogens (tertiary/aromatic N) is 2. The molecule has 166 valence electrons. The summed E-state index contributed by atoms with van der Waals surface area (Å²) in [6.45, 7) is 1.81. The highest BCUT2D eigenvalue weighted by molar-refractivity contribution is 6.00. The molecule has 2 aromatic rings. The minimum absolute atomic E-state index is 0.0926. The molecule has 2 heterocycles. The normalized spacial score (nSPS) is 15.9. The van der Waals surface area contributed by atoms with Crippen LogP contribution in [0.3, 0.4) is 0 Å². The van der Waals surface area contributed by atoms with Crippen molar-refractivity contribution in [2.75, 3.05) is 29.9 Å². The third-order valence-electron chi connectivity index (χ3n) is 5.68. The maximum atomic E-state index is 12.4. The van der Waals surface area contributed by atoms with Crippen LogP contribution in [0.4, 0.5) is 11.4 Å². The molecule has 4 rings (SSSR count). The van der Waals surface area contributed by atoms with Gasteiger partial charge in [0.05, 0.1) is 6.54 Å². The van der Waals surface area contributed by atoms with Crippen LogP contribution in [0.1, 0.15) is 41.6 Å². The highest BCUT2D eigenvalue weighted by Gasteiger charge is 2.22. The molecule has 2 fully saturated rings. The van der Waals surface area contributed by atoms with E-state index in [-0.39, 0.29) is 30.2 Å². The Balaban J connectivity index is 1.27. The number of anilines is 2. The Bertz CT molecular complexity index is 1030. The van der Waals surface area contributed by atoms with Crippen LogP contribution in [0.15, 0.2) is 48.5 Å². The first-order valence-electron chi connectivity index (χ1n) is 10.8. The van der Waals surface area contributed by atoms with Crippen molar-refractivity contribution in [2.45, 2.75) is 32.2 Å². The van der Waals surface area contributed by atoms with Crippen molar-refractivity contribution in [1.82, 2.24) is 10.2 Å². The maximum Gasteiger partial charge on any atom is 0.251 e. The summed E-state index contributed by atoms with van der Waals surface area (Å²) in [6.07, 6.45) is 2.87. The molecule has 0 aliphatic carbocycles. The summed E-state index contributed by atoms with van der Waals surface area (Å²) in [5.74, 6) is -0.454. The second-order valence-electron chi connectivity index (χ2n) is 8.05. The van der Waals surface area contributed by atoms with Crippen molar-refractivity contribution in [1.29, 1.82) is 0 Å². The largest absolute Gasteiger partial charge is 0.343 e. The second-order valence-corrected chi connectivity index (χ2v) is 8.05. The molecule has 32 heavy (non-hydrogen) atoms. The molecule has 2 aromatic carbocycles. The first kappa shape index (κ1) is 21.5. The van der Waals surface area contributed by atoms with E-state index in [4.69, 9.17) is 0 Å². The molecule has 2 aliphatic rings. The van der Waals surface area contributed by atoms with Crippen LogP contribution in [-0.2, 0) is 20.9 Å². The van der Waals surface area contributed by atoms with E-state index >= 15 is 0 Å². The van der Waals surface area contributed by atoms with E-state index in [9.17, 15) is 19.2 Å². The molecule has 2 aliphatic heterocycles. The molecule has 0 atom stereocenters. The Morgan fingerprint density at radius 1 is 0.906 bits per heavy atom. The summed E-state index contributed by atoms with van der Waals surface area (Å²) in [7, 11) is 0. The Morgan fingerprint density at radius 2 is 1.66 bits per heavy atom. The van der Waals surface area contributed by atoms with Crippen molar-refractivity contribution in [2.24, 2.45) is 0 Å². The third-order valence-corrected chi connectivity index (χ3v) is 5.68. The Labute approximate surface area is 186 Å². The van der Waals surface area contributed by atoms with Crippen LogP contribution in [0.2, 0.25) is 0 Å². The number of hydrogen-bond donors (Lipinski definition) is 2. The molecule has 0 saturated carbocycles. The van der Waals surface area contributed by atoms with Gasteiger partial charge in [-0.15, -0.1) is 0 Å². The summed E-state index contributed by atoms with van der Waals surface area (Å²) in [6, 6.07) is 14.1. The SMILES string of the molecule is O=C(CNC(=O)c1ccc(N2CCCC2=O)cc1)Nc1cccc(CN2CCCC2=O)c1. The molecule has 2 N–H and O–H groups in total. The second kappa shape index (κ2) is 9.64. The van der Waals surface area contributed by atoms with E-state index in [1.807, 2.05) is 23.1 Å². The summed E-state index contributed by atoms with van der Waals surface area (Å²) >= 11 is 0. The molecule has 8 nitrogen and oxygen atoms in total. The predicted molar refractivity (Wildman–Crippen MR) is 120 cm³/mol. The molecule has 0 bridgehead atoms. The molecular formula is C24H26N4O4. The van der Waals surface area contributed by atoms with Gasteiger partial charge < -0.3 is 20.4 Å². The summed E-state index contributed by atoms with van der Waals surface area (Å²) < 4.78 is 0. The van der Waals surface area contributed by atoms with Crippen molar-refractivity contribution in [3.05, 3.63) is 59.7 Å². The molecule has 2 saturated heterocycles. The number of likely N-dealkylation sites (tertiary alicyclic amines) is 1. The van der Waals surface area contributed by atoms with E-state index in [0.29, 0.717) is 37.2 Å². The van der Waals surface area contributed by atoms with E-state index in [0.717, 1.165) is 30.6 Å². The van der Waals surface area contributed by atoms with Gasteiger partial charge in [-0.25, -0.2) is 0 Å². The fourth-order valence-corrected chi connectivity index (χ4v) is 4.02. The van der Waals surface area contributed by atoms with E-state index in [2.05, 4.69) is 10.6 Å². The Morgan fingerprint density at radius 3 is 2.34 bits per heavy atom. The van der Waals surface area contributed by atoms with Gasteiger partial charge in [0.25, 0.3) is 5.91 Å². The number of rotatable bonds is 7. The standard InChI is InChI=1S/C24H26N4O4/c29-21(26-19-5-1-4-17(14-19)16-27-12-2-6-22(27)30)15-25-24(32)18-8-10-20(11-9-18)28-13-3-7-23(28)31/h1,4-5,8-11,14H,2-3,6-7,12-13,15-16H2,(H,25,32)(H,26,29). The maximum absolute atomic E-state index is 12.4. The molecule has 0 unspecified atom stereocenters. The van der Waals surface area contributed by atoms with Gasteiger partial charge in [0.2, 0.25) is 17.7 Å². The highest BCUT2D eigenvalue weighted by atomic mass is 16.2. The van der Waals surface area contributed by atoms with Crippen LogP contribution < -0.4 is 15.5 Å². The Kier molecular flexibility index (Phi) is 6.49. The fraction of sp³-hybridized carbons (Fsp3) is 0.333. The van der Waals surface area contributed by atoms with Gasteiger partial charge in [-0.3, -0.25) is 19.2 Å². The van der Waals surface area contributed by atoms with E-state index in [1.54, 1.807) is 35.2 Å². The molecule has 0 aromatic heterocycles. The van der Waals surface area contributed by atoms with Gasteiger partial charge in [0.15, 0.2) is 0 Å². The zero-order valence-corrected chi connectivity index (χ0v) is 17.8. The van der Waals surface area contributed by atoms with Crippen LogP contribution >= 0.6 is 0 Å². The van der Waals surface area contributed by atoms with Crippen LogP contribution in [-0.4, -0.2) is 48.2 Å². The van der Waals surface area contributed by atoms with Crippen molar-refractivity contribution in [3.63, 3.8) is 0 Å². The van der Waals surface area contributed by atoms with Crippen molar-refractivity contribution >= 4 is 35.0 Å².